The van der Waals surface area contributed by atoms with Crippen LogP contribution < -0.4 is 4.74 Å². The molecule has 23 heavy (non-hydrogen) atoms. The van der Waals surface area contributed by atoms with Gasteiger partial charge in [0.2, 0.25) is 0 Å². The van der Waals surface area contributed by atoms with Gasteiger partial charge in [-0.3, -0.25) is 0 Å². The third-order valence-electron chi connectivity index (χ3n) is 7.58. The Morgan fingerprint density at radius 2 is 2.04 bits per heavy atom. The fourth-order valence-electron chi connectivity index (χ4n) is 6.12. The Labute approximate surface area is 140 Å². The summed E-state index contributed by atoms with van der Waals surface area (Å²) >= 11 is 0. The first-order valence-corrected chi connectivity index (χ1v) is 9.53. The number of phenolic OH excluding ortho intramolecular Hbond substituents is 1. The Morgan fingerprint density at radius 1 is 1.22 bits per heavy atom. The van der Waals surface area contributed by atoms with Crippen molar-refractivity contribution < 1.29 is 9.84 Å². The van der Waals surface area contributed by atoms with Crippen LogP contribution in [0.5, 0.6) is 11.5 Å². The number of aromatic hydroxyl groups is 1. The average Bonchev–Trinajstić information content (AvgIpc) is 2.84. The summed E-state index contributed by atoms with van der Waals surface area (Å²) in [7, 11) is 0. The Bertz CT molecular complexity index is 608. The van der Waals surface area contributed by atoms with Crippen LogP contribution in [0.2, 0.25) is 0 Å². The molecule has 0 radical (unpaired) electrons. The van der Waals surface area contributed by atoms with Crippen LogP contribution in [-0.4, -0.2) is 11.7 Å². The lowest BCUT2D eigenvalue weighted by Crippen LogP contribution is -2.41. The van der Waals surface area contributed by atoms with Gasteiger partial charge in [-0.15, -0.1) is 0 Å². The molecule has 5 atom stereocenters. The number of rotatable bonds is 2. The van der Waals surface area contributed by atoms with Crippen LogP contribution in [0.25, 0.3) is 0 Å². The van der Waals surface area contributed by atoms with Gasteiger partial charge >= 0.3 is 0 Å². The minimum atomic E-state index is 0.319. The second-order valence-corrected chi connectivity index (χ2v) is 8.39. The molecule has 1 aromatic carbocycles. The third kappa shape index (κ3) is 2.21. The highest BCUT2D eigenvalue weighted by molar-refractivity contribution is 5.49. The molecular weight excluding hydrogens is 284 g/mol. The van der Waals surface area contributed by atoms with E-state index in [4.69, 9.17) is 4.74 Å². The molecule has 2 heteroatoms. The van der Waals surface area contributed by atoms with Crippen molar-refractivity contribution in [2.45, 2.75) is 65.2 Å². The van der Waals surface area contributed by atoms with Gasteiger partial charge in [-0.25, -0.2) is 0 Å². The molecule has 0 heterocycles. The van der Waals surface area contributed by atoms with Gasteiger partial charge in [0.1, 0.15) is 0 Å². The fraction of sp³-hybridized carbons (Fsp3) is 0.714. The SMILES string of the molecule is CCOc1cc2c(cc1O)CC[C@@H]1[C@@H]2CC[C@]2(C)C(C)CC[C@@H]12. The first kappa shape index (κ1) is 15.4. The van der Waals surface area contributed by atoms with Gasteiger partial charge in [0.25, 0.3) is 0 Å². The zero-order valence-corrected chi connectivity index (χ0v) is 14.8. The van der Waals surface area contributed by atoms with E-state index in [1.165, 1.54) is 43.2 Å². The molecule has 1 N–H and O–H groups in total. The van der Waals surface area contributed by atoms with Crippen molar-refractivity contribution >= 4 is 0 Å². The second-order valence-electron chi connectivity index (χ2n) is 8.39. The normalized spacial score (nSPS) is 38.6. The average molecular weight is 314 g/mol. The Hall–Kier alpha value is -1.18. The number of ether oxygens (including phenoxy) is 1. The Balaban J connectivity index is 1.70. The molecule has 0 saturated heterocycles. The molecule has 2 fully saturated rings. The maximum Gasteiger partial charge on any atom is 0.161 e. The topological polar surface area (TPSA) is 29.5 Å². The second kappa shape index (κ2) is 5.43. The van der Waals surface area contributed by atoms with Crippen molar-refractivity contribution in [3.05, 3.63) is 23.3 Å². The largest absolute Gasteiger partial charge is 0.504 e. The number of hydrogen-bond acceptors (Lipinski definition) is 2. The van der Waals surface area contributed by atoms with Crippen LogP contribution in [0.4, 0.5) is 0 Å². The zero-order chi connectivity index (χ0) is 16.2. The van der Waals surface area contributed by atoms with Gasteiger partial charge in [-0.2, -0.15) is 0 Å². The highest BCUT2D eigenvalue weighted by Gasteiger charge is 2.53. The van der Waals surface area contributed by atoms with Gasteiger partial charge in [-0.05, 0) is 97.8 Å². The van der Waals surface area contributed by atoms with Gasteiger partial charge in [0.15, 0.2) is 11.5 Å². The summed E-state index contributed by atoms with van der Waals surface area (Å²) in [6.45, 7) is 7.62. The minimum absolute atomic E-state index is 0.319. The van der Waals surface area contributed by atoms with E-state index >= 15 is 0 Å². The van der Waals surface area contributed by atoms with E-state index in [1.807, 2.05) is 13.0 Å². The van der Waals surface area contributed by atoms with Crippen molar-refractivity contribution in [2.75, 3.05) is 6.61 Å². The van der Waals surface area contributed by atoms with E-state index in [0.717, 1.165) is 24.2 Å². The molecule has 1 unspecified atom stereocenters. The van der Waals surface area contributed by atoms with Crippen molar-refractivity contribution in [1.82, 2.24) is 0 Å². The summed E-state index contributed by atoms with van der Waals surface area (Å²) in [5.41, 5.74) is 3.41. The van der Waals surface area contributed by atoms with E-state index in [0.29, 0.717) is 29.4 Å². The van der Waals surface area contributed by atoms with E-state index in [9.17, 15) is 5.11 Å². The minimum Gasteiger partial charge on any atom is -0.504 e. The highest BCUT2D eigenvalue weighted by atomic mass is 16.5. The van der Waals surface area contributed by atoms with Crippen LogP contribution in [-0.2, 0) is 6.42 Å². The number of aryl methyl sites for hydroxylation is 1. The predicted molar refractivity (Wildman–Crippen MR) is 93.1 cm³/mol. The smallest absolute Gasteiger partial charge is 0.161 e. The summed E-state index contributed by atoms with van der Waals surface area (Å²) in [6.07, 6.45) is 7.94. The van der Waals surface area contributed by atoms with Gasteiger partial charge in [0.05, 0.1) is 6.61 Å². The summed E-state index contributed by atoms with van der Waals surface area (Å²) < 4.78 is 5.66. The molecule has 126 valence electrons. The summed E-state index contributed by atoms with van der Waals surface area (Å²) in [5, 5.41) is 10.2. The standard InChI is InChI=1S/C21H30O2/c1-4-23-20-12-17-14(11-19(20)22)6-7-16-15(17)9-10-21(3)13(2)5-8-18(16)21/h11-13,15-16,18,22H,4-10H2,1-3H3/t13?,15-,16+,18-,21+/m0/s1. The number of benzene rings is 1. The van der Waals surface area contributed by atoms with Gasteiger partial charge in [0, 0.05) is 0 Å². The van der Waals surface area contributed by atoms with Crippen molar-refractivity contribution in [1.29, 1.82) is 0 Å². The molecule has 0 spiro atoms. The van der Waals surface area contributed by atoms with Gasteiger partial charge in [-0.1, -0.05) is 13.8 Å². The summed E-state index contributed by atoms with van der Waals surface area (Å²) in [4.78, 5) is 0. The number of fused-ring (bicyclic) bond motifs is 5. The quantitative estimate of drug-likeness (QED) is 0.804. The maximum absolute atomic E-state index is 10.2. The molecule has 1 aromatic rings. The monoisotopic (exact) mass is 314 g/mol. The fourth-order valence-corrected chi connectivity index (χ4v) is 6.12. The van der Waals surface area contributed by atoms with Crippen LogP contribution in [0, 0.1) is 23.2 Å². The molecule has 2 saturated carbocycles. The lowest BCUT2D eigenvalue weighted by molar-refractivity contribution is 0.0335. The molecule has 0 aliphatic heterocycles. The molecular formula is C21H30O2. The van der Waals surface area contributed by atoms with E-state index in [2.05, 4.69) is 19.9 Å². The Kier molecular flexibility index (Phi) is 3.62. The zero-order valence-electron chi connectivity index (χ0n) is 14.8. The maximum atomic E-state index is 10.2. The van der Waals surface area contributed by atoms with Crippen LogP contribution >= 0.6 is 0 Å². The van der Waals surface area contributed by atoms with E-state index in [1.54, 1.807) is 0 Å². The lowest BCUT2D eigenvalue weighted by atomic mass is 9.54. The van der Waals surface area contributed by atoms with Crippen LogP contribution in [0.1, 0.15) is 69.9 Å². The molecule has 3 aliphatic carbocycles. The highest BCUT2D eigenvalue weighted by Crippen LogP contribution is 2.63. The predicted octanol–water partition coefficient (Wildman–Crippen LogP) is 5.28. The number of hydrogen-bond donors (Lipinski definition) is 1. The molecule has 0 bridgehead atoms. The third-order valence-corrected chi connectivity index (χ3v) is 7.58. The molecule has 0 aromatic heterocycles. The lowest BCUT2D eigenvalue weighted by Gasteiger charge is -2.50. The van der Waals surface area contributed by atoms with Crippen molar-refractivity contribution in [2.24, 2.45) is 23.2 Å². The first-order valence-electron chi connectivity index (χ1n) is 9.53. The molecule has 0 amide bonds. The van der Waals surface area contributed by atoms with Gasteiger partial charge < -0.3 is 9.84 Å². The molecule has 4 rings (SSSR count). The summed E-state index contributed by atoms with van der Waals surface area (Å²) in [5.74, 6) is 4.30. The van der Waals surface area contributed by atoms with E-state index in [-0.39, 0.29) is 0 Å². The Morgan fingerprint density at radius 3 is 2.83 bits per heavy atom. The van der Waals surface area contributed by atoms with E-state index < -0.39 is 0 Å². The van der Waals surface area contributed by atoms with Crippen LogP contribution in [0.3, 0.4) is 0 Å². The first-order chi connectivity index (χ1) is 11.0. The van der Waals surface area contributed by atoms with Crippen molar-refractivity contribution in [3.63, 3.8) is 0 Å². The summed E-state index contributed by atoms with van der Waals surface area (Å²) in [6, 6.07) is 4.13. The van der Waals surface area contributed by atoms with Crippen LogP contribution in [0.15, 0.2) is 12.1 Å². The van der Waals surface area contributed by atoms with Crippen molar-refractivity contribution in [3.8, 4) is 11.5 Å². The molecule has 2 nitrogen and oxygen atoms in total. The molecule has 3 aliphatic rings. The number of phenols is 1.